The van der Waals surface area contributed by atoms with E-state index in [1.54, 1.807) is 0 Å². The Morgan fingerprint density at radius 1 is 1.31 bits per heavy atom. The van der Waals surface area contributed by atoms with Crippen LogP contribution in [0.4, 0.5) is 14.5 Å². The first-order chi connectivity index (χ1) is 12.4. The van der Waals surface area contributed by atoms with Crippen molar-refractivity contribution in [3.05, 3.63) is 56.2 Å². The van der Waals surface area contributed by atoms with Crippen LogP contribution in [0.2, 0.25) is 0 Å². The second-order valence-electron chi connectivity index (χ2n) is 4.95. The Morgan fingerprint density at radius 2 is 2.08 bits per heavy atom. The lowest BCUT2D eigenvalue weighted by Crippen LogP contribution is -2.20. The smallest absolute Gasteiger partial charge is 0.323 e. The summed E-state index contributed by atoms with van der Waals surface area (Å²) in [5.41, 5.74) is -1.50. The van der Waals surface area contributed by atoms with Crippen molar-refractivity contribution in [3.8, 4) is 6.07 Å². The molecular weight excluding hydrogens is 386 g/mol. The van der Waals surface area contributed by atoms with Crippen molar-refractivity contribution in [2.45, 2.75) is 4.21 Å². The lowest BCUT2D eigenvalue weighted by atomic mass is 10.3. The van der Waals surface area contributed by atoms with Gasteiger partial charge in [0.05, 0.1) is 21.2 Å². The molecule has 0 spiro atoms. The summed E-state index contributed by atoms with van der Waals surface area (Å²) in [6, 6.07) is 4.55. The fourth-order valence-electron chi connectivity index (χ4n) is 2.11. The number of hydrogen-bond donors (Lipinski definition) is 3. The van der Waals surface area contributed by atoms with Crippen LogP contribution in [0.3, 0.4) is 0 Å². The van der Waals surface area contributed by atoms with Crippen LogP contribution < -0.4 is 16.6 Å². The highest BCUT2D eigenvalue weighted by atomic mass is 32.2. The number of hydrogen-bond acceptors (Lipinski definition) is 6. The molecule has 0 unspecified atom stereocenters. The molecule has 11 heteroatoms. The van der Waals surface area contributed by atoms with Crippen molar-refractivity contribution in [1.29, 1.82) is 5.26 Å². The van der Waals surface area contributed by atoms with Gasteiger partial charge in [0.1, 0.15) is 28.0 Å². The molecular formula is C15H8F2N4O3S2. The van der Waals surface area contributed by atoms with E-state index in [4.69, 9.17) is 0 Å². The third-order valence-electron chi connectivity index (χ3n) is 3.20. The number of anilines is 1. The van der Waals surface area contributed by atoms with E-state index in [0.717, 1.165) is 41.3 Å². The minimum atomic E-state index is -0.784. The Hall–Kier alpha value is -2.97. The third-order valence-corrected chi connectivity index (χ3v) is 5.66. The molecule has 0 saturated carbocycles. The highest BCUT2D eigenvalue weighted by Gasteiger charge is 2.17. The molecule has 3 rings (SSSR count). The number of rotatable bonds is 4. The van der Waals surface area contributed by atoms with Gasteiger partial charge < -0.3 is 10.3 Å². The maximum absolute atomic E-state index is 13.5. The van der Waals surface area contributed by atoms with Crippen LogP contribution in [-0.2, 0) is 4.79 Å². The number of thioether (sulfide) groups is 1. The van der Waals surface area contributed by atoms with Crippen molar-refractivity contribution in [2.24, 2.45) is 0 Å². The minimum absolute atomic E-state index is 0.0722. The Morgan fingerprint density at radius 3 is 2.81 bits per heavy atom. The lowest BCUT2D eigenvalue weighted by Gasteiger charge is -2.06. The van der Waals surface area contributed by atoms with Gasteiger partial charge in [-0.1, -0.05) is 0 Å². The number of benzene rings is 1. The van der Waals surface area contributed by atoms with Gasteiger partial charge in [0.15, 0.2) is 0 Å². The predicted octanol–water partition coefficient (Wildman–Crippen LogP) is 2.16. The average molecular weight is 394 g/mol. The molecule has 132 valence electrons. The SMILES string of the molecule is N#Cc1c(SCC(=O)Nc2cc(F)ccc2F)sc2c(=O)[nH]c(=O)[nH]c12. The monoisotopic (exact) mass is 394 g/mol. The summed E-state index contributed by atoms with van der Waals surface area (Å²) in [5, 5.41) is 11.5. The molecule has 3 aromatic rings. The first-order valence-corrected chi connectivity index (χ1v) is 8.76. The number of carbonyl (C=O) groups excluding carboxylic acids is 1. The Kier molecular flexibility index (Phi) is 4.88. The number of halogens is 2. The van der Waals surface area contributed by atoms with Crippen LogP contribution in [0.1, 0.15) is 5.56 Å². The van der Waals surface area contributed by atoms with Gasteiger partial charge in [-0.25, -0.2) is 13.6 Å². The third kappa shape index (κ3) is 3.51. The molecule has 1 aromatic carbocycles. The fraction of sp³-hybridized carbons (Fsp3) is 0.0667. The number of H-pyrrole nitrogens is 2. The van der Waals surface area contributed by atoms with E-state index in [-0.39, 0.29) is 27.2 Å². The van der Waals surface area contributed by atoms with Gasteiger partial charge in [-0.3, -0.25) is 14.6 Å². The van der Waals surface area contributed by atoms with Crippen LogP contribution in [0, 0.1) is 23.0 Å². The zero-order valence-corrected chi connectivity index (χ0v) is 14.3. The van der Waals surface area contributed by atoms with Crippen LogP contribution in [0.25, 0.3) is 10.2 Å². The Bertz CT molecular complexity index is 1180. The highest BCUT2D eigenvalue weighted by Crippen LogP contribution is 2.34. The number of aromatic amines is 2. The number of fused-ring (bicyclic) bond motifs is 1. The molecule has 0 atom stereocenters. The van der Waals surface area contributed by atoms with E-state index >= 15 is 0 Å². The van der Waals surface area contributed by atoms with Gasteiger partial charge in [0.2, 0.25) is 5.91 Å². The summed E-state index contributed by atoms with van der Waals surface area (Å²) in [7, 11) is 0. The molecule has 0 bridgehead atoms. The molecule has 0 aliphatic rings. The molecule has 2 heterocycles. The Labute approximate surface area is 151 Å². The highest BCUT2D eigenvalue weighted by molar-refractivity contribution is 8.02. The number of nitriles is 1. The summed E-state index contributed by atoms with van der Waals surface area (Å²) < 4.78 is 27.2. The van der Waals surface area contributed by atoms with Crippen molar-refractivity contribution in [1.82, 2.24) is 9.97 Å². The first kappa shape index (κ1) is 17.8. The Balaban J connectivity index is 1.81. The van der Waals surface area contributed by atoms with Crippen molar-refractivity contribution in [3.63, 3.8) is 0 Å². The number of nitrogens with one attached hydrogen (secondary N) is 3. The molecule has 0 radical (unpaired) electrons. The van der Waals surface area contributed by atoms with E-state index in [1.807, 2.05) is 6.07 Å². The quantitative estimate of drug-likeness (QED) is 0.586. The first-order valence-electron chi connectivity index (χ1n) is 6.96. The van der Waals surface area contributed by atoms with Gasteiger partial charge in [-0.05, 0) is 12.1 Å². The number of thiophene rings is 1. The van der Waals surface area contributed by atoms with E-state index in [0.29, 0.717) is 4.21 Å². The molecule has 0 aliphatic carbocycles. The molecule has 1 amide bonds. The number of amides is 1. The van der Waals surface area contributed by atoms with Gasteiger partial charge in [0, 0.05) is 6.07 Å². The molecule has 7 nitrogen and oxygen atoms in total. The summed E-state index contributed by atoms with van der Waals surface area (Å²) in [6.07, 6.45) is 0. The van der Waals surface area contributed by atoms with E-state index in [1.165, 1.54) is 0 Å². The lowest BCUT2D eigenvalue weighted by molar-refractivity contribution is -0.113. The maximum atomic E-state index is 13.5. The second-order valence-corrected chi connectivity index (χ2v) is 7.21. The van der Waals surface area contributed by atoms with Crippen LogP contribution >= 0.6 is 23.1 Å². The van der Waals surface area contributed by atoms with Crippen LogP contribution in [0.15, 0.2) is 32.0 Å². The van der Waals surface area contributed by atoms with Gasteiger partial charge in [-0.15, -0.1) is 23.1 Å². The zero-order chi connectivity index (χ0) is 18.8. The number of aromatic nitrogens is 2. The molecule has 2 aromatic heterocycles. The standard InChI is InChI=1S/C15H8F2N4O3S2/c16-6-1-2-8(17)9(3-6)19-10(22)5-25-14-7(4-18)11-12(26-14)13(23)21-15(24)20-11/h1-3H,5H2,(H,19,22)(H2,20,21,23,24). The van der Waals surface area contributed by atoms with Gasteiger partial charge >= 0.3 is 5.69 Å². The normalized spacial score (nSPS) is 10.7. The maximum Gasteiger partial charge on any atom is 0.326 e. The van der Waals surface area contributed by atoms with Gasteiger partial charge in [0.25, 0.3) is 5.56 Å². The average Bonchev–Trinajstić information content (AvgIpc) is 2.94. The predicted molar refractivity (Wildman–Crippen MR) is 93.5 cm³/mol. The summed E-state index contributed by atoms with van der Waals surface area (Å²) in [5.74, 6) is -2.31. The van der Waals surface area contributed by atoms with Crippen molar-refractivity contribution in [2.75, 3.05) is 11.1 Å². The van der Waals surface area contributed by atoms with Crippen molar-refractivity contribution < 1.29 is 13.6 Å². The minimum Gasteiger partial charge on any atom is -0.323 e. The summed E-state index contributed by atoms with van der Waals surface area (Å²) in [6.45, 7) is 0. The van der Waals surface area contributed by atoms with E-state index < -0.39 is 28.8 Å². The van der Waals surface area contributed by atoms with E-state index in [2.05, 4.69) is 15.3 Å². The van der Waals surface area contributed by atoms with Crippen LogP contribution in [0.5, 0.6) is 0 Å². The molecule has 0 saturated heterocycles. The fourth-order valence-corrected chi connectivity index (χ4v) is 4.23. The molecule has 3 N–H and O–H groups in total. The summed E-state index contributed by atoms with van der Waals surface area (Å²) >= 11 is 1.89. The topological polar surface area (TPSA) is 119 Å². The molecule has 0 fully saturated rings. The van der Waals surface area contributed by atoms with E-state index in [9.17, 15) is 28.4 Å². The second kappa shape index (κ2) is 7.11. The zero-order valence-electron chi connectivity index (χ0n) is 12.7. The summed E-state index contributed by atoms with van der Waals surface area (Å²) in [4.78, 5) is 39.5. The van der Waals surface area contributed by atoms with Crippen LogP contribution in [-0.4, -0.2) is 21.6 Å². The number of nitrogens with zero attached hydrogens (tertiary/aromatic N) is 1. The largest absolute Gasteiger partial charge is 0.326 e. The number of carbonyl (C=O) groups is 1. The molecule has 0 aliphatic heterocycles. The van der Waals surface area contributed by atoms with Gasteiger partial charge in [-0.2, -0.15) is 5.26 Å². The van der Waals surface area contributed by atoms with Crippen molar-refractivity contribution >= 4 is 44.9 Å². The molecule has 26 heavy (non-hydrogen) atoms.